The highest BCUT2D eigenvalue weighted by Gasteiger charge is 1.77. The van der Waals surface area contributed by atoms with Crippen molar-refractivity contribution in [3.63, 3.8) is 0 Å². The largest absolute Gasteiger partial charge is 0.483 e. The molecule has 102 valence electrons. The Morgan fingerprint density at radius 3 is 2.06 bits per heavy atom. The minimum atomic E-state index is -0.250. The van der Waals surface area contributed by atoms with Gasteiger partial charge in [-0.1, -0.05) is 50.6 Å². The van der Waals surface area contributed by atoms with Crippen LogP contribution < -0.4 is 5.32 Å². The molecule has 0 unspecified atom stereocenters. The molecular formula is C15H25NO2. The lowest BCUT2D eigenvalue weighted by Gasteiger charge is -1.94. The molecule has 0 aromatic heterocycles. The number of nitrogens with one attached hydrogen (secondary N) is 1. The molecule has 3 nitrogen and oxygen atoms in total. The normalized spacial score (nSPS) is 8.61. The second-order valence-electron chi connectivity index (χ2n) is 3.39. The van der Waals surface area contributed by atoms with Crippen LogP contribution in [0.2, 0.25) is 0 Å². The number of unbranched alkanes of at least 4 members (excludes halogenated alkanes) is 1. The summed E-state index contributed by atoms with van der Waals surface area (Å²) in [5.41, 5.74) is 1.16. The van der Waals surface area contributed by atoms with E-state index in [0.29, 0.717) is 0 Å². The monoisotopic (exact) mass is 251 g/mol. The first-order chi connectivity index (χ1) is 8.76. The van der Waals surface area contributed by atoms with Crippen molar-refractivity contribution in [1.82, 2.24) is 0 Å². The molecule has 0 amide bonds. The summed E-state index contributed by atoms with van der Waals surface area (Å²) in [6.45, 7) is 4.10. The van der Waals surface area contributed by atoms with Gasteiger partial charge in [0.2, 0.25) is 0 Å². The highest BCUT2D eigenvalue weighted by molar-refractivity contribution is 5.41. The van der Waals surface area contributed by atoms with E-state index in [1.165, 1.54) is 19.3 Å². The molecule has 0 aliphatic rings. The van der Waals surface area contributed by atoms with Gasteiger partial charge >= 0.3 is 0 Å². The minimum absolute atomic E-state index is 0.250. The van der Waals surface area contributed by atoms with E-state index in [1.807, 2.05) is 37.4 Å². The van der Waals surface area contributed by atoms with Crippen LogP contribution in [-0.4, -0.2) is 18.6 Å². The lowest BCUT2D eigenvalue weighted by atomic mass is 10.3. The Morgan fingerprint density at radius 1 is 1.17 bits per heavy atom. The van der Waals surface area contributed by atoms with Crippen molar-refractivity contribution < 1.29 is 9.90 Å². The van der Waals surface area contributed by atoms with Crippen molar-refractivity contribution in [3.05, 3.63) is 42.5 Å². The van der Waals surface area contributed by atoms with Crippen LogP contribution in [0.4, 0.5) is 5.69 Å². The zero-order chi connectivity index (χ0) is 14.1. The second kappa shape index (κ2) is 17.6. The summed E-state index contributed by atoms with van der Waals surface area (Å²) < 4.78 is 0. The molecule has 0 aliphatic heterocycles. The van der Waals surface area contributed by atoms with Crippen LogP contribution in [0.3, 0.4) is 0 Å². The number of carbonyl (C=O) groups is 1. The van der Waals surface area contributed by atoms with Crippen LogP contribution in [0.25, 0.3) is 0 Å². The number of para-hydroxylation sites is 1. The number of rotatable bonds is 4. The molecule has 0 radical (unpaired) electrons. The molecule has 0 bridgehead atoms. The van der Waals surface area contributed by atoms with E-state index in [1.54, 1.807) is 0 Å². The molecule has 1 aromatic carbocycles. The number of allylic oxidation sites excluding steroid dienone is 2. The van der Waals surface area contributed by atoms with Crippen molar-refractivity contribution in [3.8, 4) is 0 Å². The zero-order valence-corrected chi connectivity index (χ0v) is 11.6. The van der Waals surface area contributed by atoms with Gasteiger partial charge in [-0.05, 0) is 25.0 Å². The Bertz CT molecular complexity index is 284. The molecule has 0 atom stereocenters. The fourth-order valence-corrected chi connectivity index (χ4v) is 1.06. The summed E-state index contributed by atoms with van der Waals surface area (Å²) in [7, 11) is 1.91. The van der Waals surface area contributed by atoms with E-state index < -0.39 is 0 Å². The van der Waals surface area contributed by atoms with Crippen LogP contribution >= 0.6 is 0 Å². The van der Waals surface area contributed by atoms with Gasteiger partial charge in [0.1, 0.15) is 0 Å². The quantitative estimate of drug-likeness (QED) is 0.623. The Morgan fingerprint density at radius 2 is 1.72 bits per heavy atom. The third-order valence-electron chi connectivity index (χ3n) is 1.92. The van der Waals surface area contributed by atoms with Gasteiger partial charge in [-0.25, -0.2) is 0 Å². The highest BCUT2D eigenvalue weighted by atomic mass is 16.3. The lowest BCUT2D eigenvalue weighted by Crippen LogP contribution is -1.84. The molecule has 3 heteroatoms. The Kier molecular flexibility index (Phi) is 18.2. The molecule has 18 heavy (non-hydrogen) atoms. The molecule has 1 aromatic rings. The number of benzene rings is 1. The van der Waals surface area contributed by atoms with Crippen LogP contribution in [-0.2, 0) is 4.79 Å². The standard InChI is InChI=1S/C7H9N.C7H14.CH2O2/c1-8-7-5-3-2-4-6-7;1-3-5-7-6-4-2;2-1-3/h2-6,8H,1H3;5,7H,3-4,6H2,1-2H3;1H,(H,2,3). The maximum atomic E-state index is 8.36. The van der Waals surface area contributed by atoms with Gasteiger partial charge in [0.25, 0.3) is 6.47 Å². The molecule has 0 saturated heterocycles. The van der Waals surface area contributed by atoms with E-state index in [4.69, 9.17) is 9.90 Å². The predicted octanol–water partition coefficient (Wildman–Crippen LogP) is 4.18. The zero-order valence-electron chi connectivity index (χ0n) is 11.6. The van der Waals surface area contributed by atoms with Crippen molar-refractivity contribution in [1.29, 1.82) is 0 Å². The van der Waals surface area contributed by atoms with Crippen molar-refractivity contribution in [2.24, 2.45) is 0 Å². The van der Waals surface area contributed by atoms with Crippen molar-refractivity contribution in [2.75, 3.05) is 12.4 Å². The fraction of sp³-hybridized carbons (Fsp3) is 0.400. The Hall–Kier alpha value is -1.77. The summed E-state index contributed by atoms with van der Waals surface area (Å²) in [6.07, 6.45) is 8.15. The molecule has 0 heterocycles. The second-order valence-corrected chi connectivity index (χ2v) is 3.39. The summed E-state index contributed by atoms with van der Waals surface area (Å²) in [5, 5.41) is 9.92. The van der Waals surface area contributed by atoms with Gasteiger partial charge in [0.05, 0.1) is 0 Å². The Labute approximate surface area is 111 Å². The van der Waals surface area contributed by atoms with E-state index in [9.17, 15) is 0 Å². The smallest absolute Gasteiger partial charge is 0.290 e. The van der Waals surface area contributed by atoms with Gasteiger partial charge in [-0.2, -0.15) is 0 Å². The summed E-state index contributed by atoms with van der Waals surface area (Å²) >= 11 is 0. The third-order valence-corrected chi connectivity index (χ3v) is 1.92. The topological polar surface area (TPSA) is 49.3 Å². The van der Waals surface area contributed by atoms with Crippen molar-refractivity contribution in [2.45, 2.75) is 33.1 Å². The molecule has 0 fully saturated rings. The van der Waals surface area contributed by atoms with Gasteiger partial charge < -0.3 is 10.4 Å². The van der Waals surface area contributed by atoms with Gasteiger partial charge in [0.15, 0.2) is 0 Å². The minimum Gasteiger partial charge on any atom is -0.483 e. The summed E-state index contributed by atoms with van der Waals surface area (Å²) in [6, 6.07) is 10.1. The first-order valence-corrected chi connectivity index (χ1v) is 6.22. The van der Waals surface area contributed by atoms with E-state index in [-0.39, 0.29) is 6.47 Å². The van der Waals surface area contributed by atoms with E-state index >= 15 is 0 Å². The molecule has 0 aliphatic carbocycles. The van der Waals surface area contributed by atoms with Crippen LogP contribution in [0.5, 0.6) is 0 Å². The van der Waals surface area contributed by atoms with Gasteiger partial charge in [0, 0.05) is 12.7 Å². The van der Waals surface area contributed by atoms with Crippen molar-refractivity contribution >= 4 is 12.2 Å². The maximum absolute atomic E-state index is 8.36. The fourth-order valence-electron chi connectivity index (χ4n) is 1.06. The van der Waals surface area contributed by atoms with Crippen LogP contribution in [0.1, 0.15) is 33.1 Å². The molecule has 1 rings (SSSR count). The first-order valence-electron chi connectivity index (χ1n) is 6.22. The number of hydrogen-bond acceptors (Lipinski definition) is 2. The molecule has 0 saturated carbocycles. The van der Waals surface area contributed by atoms with Gasteiger partial charge in [-0.15, -0.1) is 0 Å². The Balaban J connectivity index is 0. The van der Waals surface area contributed by atoms with Gasteiger partial charge in [-0.3, -0.25) is 4.79 Å². The number of anilines is 1. The average molecular weight is 251 g/mol. The van der Waals surface area contributed by atoms with Crippen LogP contribution in [0, 0.1) is 0 Å². The molecule has 0 spiro atoms. The number of hydrogen-bond donors (Lipinski definition) is 2. The maximum Gasteiger partial charge on any atom is 0.290 e. The molecule has 2 N–H and O–H groups in total. The van der Waals surface area contributed by atoms with E-state index in [0.717, 1.165) is 5.69 Å². The third kappa shape index (κ3) is 16.7. The first kappa shape index (κ1) is 18.6. The molecular weight excluding hydrogens is 226 g/mol. The highest BCUT2D eigenvalue weighted by Crippen LogP contribution is 2.01. The predicted molar refractivity (Wildman–Crippen MR) is 79.0 cm³/mol. The lowest BCUT2D eigenvalue weighted by molar-refractivity contribution is -0.122. The SMILES string of the molecule is CCC=CCCC.CNc1ccccc1.O=CO. The summed E-state index contributed by atoms with van der Waals surface area (Å²) in [4.78, 5) is 8.36. The van der Waals surface area contributed by atoms with E-state index in [2.05, 4.69) is 31.3 Å². The number of carboxylic acid groups (broad SMARTS) is 1. The summed E-state index contributed by atoms with van der Waals surface area (Å²) in [5.74, 6) is 0. The van der Waals surface area contributed by atoms with Crippen LogP contribution in [0.15, 0.2) is 42.5 Å². The average Bonchev–Trinajstić information content (AvgIpc) is 2.42.